The van der Waals surface area contributed by atoms with Gasteiger partial charge in [0.05, 0.1) is 10.8 Å². The van der Waals surface area contributed by atoms with Crippen LogP contribution in [0.1, 0.15) is 6.92 Å². The zero-order valence-corrected chi connectivity index (χ0v) is 11.1. The van der Waals surface area contributed by atoms with Crippen molar-refractivity contribution in [2.45, 2.75) is 6.92 Å². The summed E-state index contributed by atoms with van der Waals surface area (Å²) in [5.41, 5.74) is 0.301. The number of nitrogens with one attached hydrogen (secondary N) is 2. The van der Waals surface area contributed by atoms with Gasteiger partial charge in [0, 0.05) is 18.3 Å². The molecule has 1 saturated heterocycles. The van der Waals surface area contributed by atoms with Crippen molar-refractivity contribution in [3.8, 4) is 0 Å². The van der Waals surface area contributed by atoms with Crippen LogP contribution in [0.4, 0.5) is 11.4 Å². The number of benzene rings is 1. The number of nitro groups is 1. The molecule has 0 bridgehead atoms. The smallest absolute Gasteiger partial charge is 0.288 e. The SMILES string of the molecule is CC1CNCC1C(=O)Nc1ccc([N+](=O)[O-])c(Cl)c1. The van der Waals surface area contributed by atoms with E-state index in [0.717, 1.165) is 6.54 Å². The van der Waals surface area contributed by atoms with Crippen LogP contribution < -0.4 is 10.6 Å². The summed E-state index contributed by atoms with van der Waals surface area (Å²) in [6.45, 7) is 3.47. The molecule has 7 heteroatoms. The number of anilines is 1. The van der Waals surface area contributed by atoms with E-state index in [9.17, 15) is 14.9 Å². The molecule has 1 aromatic carbocycles. The molecule has 2 unspecified atom stereocenters. The molecular formula is C12H14ClN3O3. The van der Waals surface area contributed by atoms with Crippen LogP contribution in [0.2, 0.25) is 5.02 Å². The van der Waals surface area contributed by atoms with Gasteiger partial charge in [-0.25, -0.2) is 0 Å². The highest BCUT2D eigenvalue weighted by Crippen LogP contribution is 2.28. The summed E-state index contributed by atoms with van der Waals surface area (Å²) in [7, 11) is 0. The molecule has 2 N–H and O–H groups in total. The Morgan fingerprint density at radius 2 is 2.26 bits per heavy atom. The number of nitrogens with zero attached hydrogens (tertiary/aromatic N) is 1. The number of carbonyl (C=O) groups excluding carboxylic acids is 1. The van der Waals surface area contributed by atoms with Crippen LogP contribution in [0.5, 0.6) is 0 Å². The molecule has 0 aromatic heterocycles. The fraction of sp³-hybridized carbons (Fsp3) is 0.417. The van der Waals surface area contributed by atoms with Gasteiger partial charge in [0.25, 0.3) is 5.69 Å². The zero-order chi connectivity index (χ0) is 14.0. The molecule has 1 heterocycles. The molecule has 102 valence electrons. The van der Waals surface area contributed by atoms with E-state index in [1.165, 1.54) is 18.2 Å². The van der Waals surface area contributed by atoms with E-state index < -0.39 is 4.92 Å². The van der Waals surface area contributed by atoms with Crippen LogP contribution in [0.3, 0.4) is 0 Å². The van der Waals surface area contributed by atoms with Gasteiger partial charge in [-0.2, -0.15) is 0 Å². The number of carbonyl (C=O) groups is 1. The molecule has 0 radical (unpaired) electrons. The molecular weight excluding hydrogens is 270 g/mol. The summed E-state index contributed by atoms with van der Waals surface area (Å²) >= 11 is 5.79. The van der Waals surface area contributed by atoms with Gasteiger partial charge in [0.1, 0.15) is 5.02 Å². The largest absolute Gasteiger partial charge is 0.326 e. The van der Waals surface area contributed by atoms with Crippen LogP contribution in [-0.2, 0) is 4.79 Å². The Balaban J connectivity index is 2.09. The highest BCUT2D eigenvalue weighted by Gasteiger charge is 2.29. The Labute approximate surface area is 115 Å². The zero-order valence-electron chi connectivity index (χ0n) is 10.4. The normalized spacial score (nSPS) is 22.2. The predicted octanol–water partition coefficient (Wildman–Crippen LogP) is 2.04. The first-order valence-corrected chi connectivity index (χ1v) is 6.32. The van der Waals surface area contributed by atoms with E-state index in [2.05, 4.69) is 10.6 Å². The fourth-order valence-electron chi connectivity index (χ4n) is 2.13. The molecule has 19 heavy (non-hydrogen) atoms. The molecule has 1 aliphatic heterocycles. The molecule has 1 aromatic rings. The first-order valence-electron chi connectivity index (χ1n) is 5.94. The summed E-state index contributed by atoms with van der Waals surface area (Å²) in [6.07, 6.45) is 0. The van der Waals surface area contributed by atoms with Crippen LogP contribution in [0.25, 0.3) is 0 Å². The number of hydrogen-bond acceptors (Lipinski definition) is 4. The van der Waals surface area contributed by atoms with Gasteiger partial charge >= 0.3 is 0 Å². The summed E-state index contributed by atoms with van der Waals surface area (Å²) in [5, 5.41) is 16.5. The average molecular weight is 284 g/mol. The number of hydrogen-bond donors (Lipinski definition) is 2. The first kappa shape index (κ1) is 13.8. The Hall–Kier alpha value is -1.66. The van der Waals surface area contributed by atoms with Gasteiger partial charge in [-0.3, -0.25) is 14.9 Å². The monoisotopic (exact) mass is 283 g/mol. The summed E-state index contributed by atoms with van der Waals surface area (Å²) < 4.78 is 0. The van der Waals surface area contributed by atoms with Crippen LogP contribution in [-0.4, -0.2) is 23.9 Å². The van der Waals surface area contributed by atoms with Crippen molar-refractivity contribution in [3.63, 3.8) is 0 Å². The summed E-state index contributed by atoms with van der Waals surface area (Å²) in [5.74, 6) is 0.0879. The summed E-state index contributed by atoms with van der Waals surface area (Å²) in [6, 6.07) is 4.16. The average Bonchev–Trinajstić information content (AvgIpc) is 2.75. The third kappa shape index (κ3) is 3.02. The second-order valence-electron chi connectivity index (χ2n) is 4.65. The molecule has 2 rings (SSSR count). The number of halogens is 1. The lowest BCUT2D eigenvalue weighted by Gasteiger charge is -2.14. The van der Waals surface area contributed by atoms with Crippen molar-refractivity contribution in [1.82, 2.24) is 5.32 Å². The molecule has 1 fully saturated rings. The van der Waals surface area contributed by atoms with Crippen molar-refractivity contribution < 1.29 is 9.72 Å². The molecule has 0 saturated carbocycles. The molecule has 0 spiro atoms. The van der Waals surface area contributed by atoms with E-state index in [0.29, 0.717) is 12.2 Å². The van der Waals surface area contributed by atoms with E-state index in [1.54, 1.807) is 0 Å². The number of rotatable bonds is 3. The topological polar surface area (TPSA) is 84.3 Å². The van der Waals surface area contributed by atoms with Crippen molar-refractivity contribution in [2.75, 3.05) is 18.4 Å². The molecule has 0 aliphatic carbocycles. The molecule has 2 atom stereocenters. The second-order valence-corrected chi connectivity index (χ2v) is 5.06. The van der Waals surface area contributed by atoms with Crippen LogP contribution >= 0.6 is 11.6 Å². The number of nitro benzene ring substituents is 1. The Kier molecular flexibility index (Phi) is 4.01. The predicted molar refractivity (Wildman–Crippen MR) is 72.3 cm³/mol. The third-order valence-corrected chi connectivity index (χ3v) is 3.57. The Morgan fingerprint density at radius 1 is 1.53 bits per heavy atom. The fourth-order valence-corrected chi connectivity index (χ4v) is 2.38. The summed E-state index contributed by atoms with van der Waals surface area (Å²) in [4.78, 5) is 22.1. The second kappa shape index (κ2) is 5.54. The molecule has 6 nitrogen and oxygen atoms in total. The quantitative estimate of drug-likeness (QED) is 0.657. The lowest BCUT2D eigenvalue weighted by Crippen LogP contribution is -2.27. The highest BCUT2D eigenvalue weighted by atomic mass is 35.5. The van der Waals surface area contributed by atoms with E-state index in [1.807, 2.05) is 6.92 Å². The van der Waals surface area contributed by atoms with Gasteiger partial charge in [-0.05, 0) is 24.6 Å². The highest BCUT2D eigenvalue weighted by molar-refractivity contribution is 6.33. The lowest BCUT2D eigenvalue weighted by atomic mass is 9.97. The van der Waals surface area contributed by atoms with E-state index in [-0.39, 0.29) is 28.5 Å². The Morgan fingerprint density at radius 3 is 2.79 bits per heavy atom. The minimum atomic E-state index is -0.559. The first-order chi connectivity index (χ1) is 8.99. The van der Waals surface area contributed by atoms with Crippen molar-refractivity contribution in [3.05, 3.63) is 33.3 Å². The minimum absolute atomic E-state index is 0.0143. The van der Waals surface area contributed by atoms with Crippen molar-refractivity contribution >= 4 is 28.9 Å². The lowest BCUT2D eigenvalue weighted by molar-refractivity contribution is -0.384. The van der Waals surface area contributed by atoms with Crippen LogP contribution in [0, 0.1) is 22.0 Å². The van der Waals surface area contributed by atoms with E-state index >= 15 is 0 Å². The maximum Gasteiger partial charge on any atom is 0.288 e. The minimum Gasteiger partial charge on any atom is -0.326 e. The molecule has 1 aliphatic rings. The van der Waals surface area contributed by atoms with Gasteiger partial charge in [0.15, 0.2) is 0 Å². The maximum absolute atomic E-state index is 12.0. The molecule has 1 amide bonds. The van der Waals surface area contributed by atoms with E-state index in [4.69, 9.17) is 11.6 Å². The van der Waals surface area contributed by atoms with Gasteiger partial charge in [0.2, 0.25) is 5.91 Å². The maximum atomic E-state index is 12.0. The van der Waals surface area contributed by atoms with Gasteiger partial charge in [-0.15, -0.1) is 0 Å². The van der Waals surface area contributed by atoms with Crippen LogP contribution in [0.15, 0.2) is 18.2 Å². The number of amides is 1. The standard InChI is InChI=1S/C12H14ClN3O3/c1-7-5-14-6-9(7)12(17)15-8-2-3-11(16(18)19)10(13)4-8/h2-4,7,9,14H,5-6H2,1H3,(H,15,17). The third-order valence-electron chi connectivity index (χ3n) is 3.27. The van der Waals surface area contributed by atoms with Crippen molar-refractivity contribution in [1.29, 1.82) is 0 Å². The van der Waals surface area contributed by atoms with Crippen molar-refractivity contribution in [2.24, 2.45) is 11.8 Å². The Bertz CT molecular complexity index is 521. The van der Waals surface area contributed by atoms with Gasteiger partial charge < -0.3 is 10.6 Å². The van der Waals surface area contributed by atoms with Gasteiger partial charge in [-0.1, -0.05) is 18.5 Å².